The van der Waals surface area contributed by atoms with Crippen molar-refractivity contribution >= 4 is 35.6 Å². The molecule has 3 rings (SSSR count). The first-order valence-electron chi connectivity index (χ1n) is 10.2. The number of carbonyl (C=O) groups is 4. The molecule has 2 aromatic carbocycles. The van der Waals surface area contributed by atoms with Gasteiger partial charge in [-0.3, -0.25) is 9.59 Å². The van der Waals surface area contributed by atoms with Gasteiger partial charge in [-0.05, 0) is 42.8 Å². The van der Waals surface area contributed by atoms with Gasteiger partial charge >= 0.3 is 12.0 Å². The summed E-state index contributed by atoms with van der Waals surface area (Å²) in [4.78, 5) is 49.2. The van der Waals surface area contributed by atoms with Crippen molar-refractivity contribution in [2.75, 3.05) is 32.2 Å². The van der Waals surface area contributed by atoms with Gasteiger partial charge in [0.05, 0.1) is 19.4 Å². The Bertz CT molecular complexity index is 1150. The Morgan fingerprint density at radius 3 is 2.59 bits per heavy atom. The largest absolute Gasteiger partial charge is 0.490 e. The van der Waals surface area contributed by atoms with Crippen LogP contribution in [0.1, 0.15) is 12.5 Å². The zero-order valence-corrected chi connectivity index (χ0v) is 18.4. The summed E-state index contributed by atoms with van der Waals surface area (Å²) in [6.45, 7) is 1.17. The van der Waals surface area contributed by atoms with Crippen LogP contribution in [0.3, 0.4) is 0 Å². The van der Waals surface area contributed by atoms with Crippen LogP contribution < -0.4 is 20.1 Å². The third-order valence-electron chi connectivity index (χ3n) is 4.56. The van der Waals surface area contributed by atoms with E-state index in [9.17, 15) is 23.6 Å². The average Bonchev–Trinajstić information content (AvgIpc) is 3.07. The van der Waals surface area contributed by atoms with Crippen molar-refractivity contribution in [1.29, 1.82) is 0 Å². The van der Waals surface area contributed by atoms with Gasteiger partial charge in [0.2, 0.25) is 5.91 Å². The standard InChI is InChI=1S/C23H22FN3O7/c1-3-33-19-11-14(8-9-18(19)34-13-21(29)32-2)10-17-22(30)27(23(31)26-17)12-20(28)25-16-7-5-4-6-15(16)24/h4-11H,3,12-13H2,1-2H3,(H,25,28)(H,26,31)/b17-10+. The fourth-order valence-electron chi connectivity index (χ4n) is 2.98. The highest BCUT2D eigenvalue weighted by Gasteiger charge is 2.35. The molecule has 1 aliphatic heterocycles. The molecule has 10 nitrogen and oxygen atoms in total. The van der Waals surface area contributed by atoms with Crippen molar-refractivity contribution in [3.05, 3.63) is 59.5 Å². The Morgan fingerprint density at radius 1 is 1.12 bits per heavy atom. The molecular weight excluding hydrogens is 449 g/mol. The summed E-state index contributed by atoms with van der Waals surface area (Å²) < 4.78 is 29.2. The monoisotopic (exact) mass is 471 g/mol. The molecule has 0 radical (unpaired) electrons. The van der Waals surface area contributed by atoms with Gasteiger partial charge in [0.25, 0.3) is 5.91 Å². The molecule has 0 saturated carbocycles. The van der Waals surface area contributed by atoms with Crippen molar-refractivity contribution in [2.24, 2.45) is 0 Å². The van der Waals surface area contributed by atoms with Crippen molar-refractivity contribution < 1.29 is 37.8 Å². The van der Waals surface area contributed by atoms with E-state index in [1.807, 2.05) is 0 Å². The molecule has 0 unspecified atom stereocenters. The topological polar surface area (TPSA) is 123 Å². The van der Waals surface area contributed by atoms with Gasteiger partial charge in [0.1, 0.15) is 18.1 Å². The van der Waals surface area contributed by atoms with E-state index >= 15 is 0 Å². The summed E-state index contributed by atoms with van der Waals surface area (Å²) in [5, 5.41) is 4.73. The first-order valence-corrected chi connectivity index (χ1v) is 10.2. The summed E-state index contributed by atoms with van der Waals surface area (Å²) >= 11 is 0. The normalized spacial score (nSPS) is 14.1. The van der Waals surface area contributed by atoms with Gasteiger partial charge < -0.3 is 24.8 Å². The number of benzene rings is 2. The van der Waals surface area contributed by atoms with Gasteiger partial charge in [-0.25, -0.2) is 18.9 Å². The number of methoxy groups -OCH3 is 1. The lowest BCUT2D eigenvalue weighted by Crippen LogP contribution is -2.38. The minimum absolute atomic E-state index is 0.0608. The van der Waals surface area contributed by atoms with Crippen molar-refractivity contribution in [3.63, 3.8) is 0 Å². The third-order valence-corrected chi connectivity index (χ3v) is 4.56. The average molecular weight is 471 g/mol. The minimum Gasteiger partial charge on any atom is -0.490 e. The fourth-order valence-corrected chi connectivity index (χ4v) is 2.98. The Kier molecular flexibility index (Phi) is 7.80. The van der Waals surface area contributed by atoms with Crippen LogP contribution in [-0.2, 0) is 19.1 Å². The SMILES string of the molecule is CCOc1cc(/C=C2/NC(=O)N(CC(=O)Nc3ccccc3F)C2=O)ccc1OCC(=O)OC. The lowest BCUT2D eigenvalue weighted by atomic mass is 10.1. The van der Waals surface area contributed by atoms with Gasteiger partial charge in [-0.1, -0.05) is 18.2 Å². The Hall–Kier alpha value is -4.41. The molecule has 1 fully saturated rings. The van der Waals surface area contributed by atoms with Gasteiger partial charge in [-0.15, -0.1) is 0 Å². The molecule has 2 aromatic rings. The molecule has 0 aromatic heterocycles. The first-order chi connectivity index (χ1) is 16.3. The van der Waals surface area contributed by atoms with E-state index in [4.69, 9.17) is 9.47 Å². The lowest BCUT2D eigenvalue weighted by Gasteiger charge is -2.12. The number of esters is 1. The summed E-state index contributed by atoms with van der Waals surface area (Å²) in [7, 11) is 1.24. The summed E-state index contributed by atoms with van der Waals surface area (Å²) in [5.74, 6) is -2.05. The number of amides is 4. The number of carbonyl (C=O) groups excluding carboxylic acids is 4. The van der Waals surface area contributed by atoms with Crippen molar-refractivity contribution in [3.8, 4) is 11.5 Å². The quantitative estimate of drug-likeness (QED) is 0.327. The maximum absolute atomic E-state index is 13.7. The number of rotatable bonds is 9. The zero-order chi connectivity index (χ0) is 24.7. The molecule has 1 saturated heterocycles. The highest BCUT2D eigenvalue weighted by atomic mass is 19.1. The van der Waals surface area contributed by atoms with E-state index in [0.29, 0.717) is 28.6 Å². The predicted octanol–water partition coefficient (Wildman–Crippen LogP) is 2.31. The van der Waals surface area contributed by atoms with Gasteiger partial charge in [0, 0.05) is 0 Å². The second-order valence-corrected chi connectivity index (χ2v) is 6.91. The number of hydrogen-bond acceptors (Lipinski definition) is 7. The van der Waals surface area contributed by atoms with Gasteiger partial charge in [0.15, 0.2) is 18.1 Å². The molecule has 2 N–H and O–H groups in total. The van der Waals surface area contributed by atoms with Crippen LogP contribution >= 0.6 is 0 Å². The number of imide groups is 1. The van der Waals surface area contributed by atoms with Crippen LogP contribution in [-0.4, -0.2) is 55.6 Å². The molecule has 0 bridgehead atoms. The van der Waals surface area contributed by atoms with Crippen LogP contribution in [0, 0.1) is 5.82 Å². The second kappa shape index (κ2) is 10.9. The highest BCUT2D eigenvalue weighted by molar-refractivity contribution is 6.16. The predicted molar refractivity (Wildman–Crippen MR) is 118 cm³/mol. The molecular formula is C23H22FN3O7. The fraction of sp³-hybridized carbons (Fsp3) is 0.217. The smallest absolute Gasteiger partial charge is 0.343 e. The summed E-state index contributed by atoms with van der Waals surface area (Å²) in [6, 6.07) is 9.45. The Morgan fingerprint density at radius 2 is 1.88 bits per heavy atom. The summed E-state index contributed by atoms with van der Waals surface area (Å²) in [5.41, 5.74) is 0.373. The number of para-hydroxylation sites is 1. The van der Waals surface area contributed by atoms with E-state index < -0.39 is 36.2 Å². The number of nitrogens with zero attached hydrogens (tertiary/aromatic N) is 1. The van der Waals surface area contributed by atoms with E-state index in [-0.39, 0.29) is 18.0 Å². The minimum atomic E-state index is -0.789. The van der Waals surface area contributed by atoms with E-state index in [1.54, 1.807) is 25.1 Å². The Labute approximate surface area is 194 Å². The molecule has 0 aliphatic carbocycles. The molecule has 11 heteroatoms. The van der Waals surface area contributed by atoms with Crippen LogP contribution in [0.15, 0.2) is 48.2 Å². The van der Waals surface area contributed by atoms with E-state index in [0.717, 1.165) is 0 Å². The molecule has 4 amide bonds. The molecule has 0 spiro atoms. The first kappa shape index (κ1) is 24.2. The highest BCUT2D eigenvalue weighted by Crippen LogP contribution is 2.30. The Balaban J connectivity index is 1.72. The molecule has 1 heterocycles. The molecule has 178 valence electrons. The number of ether oxygens (including phenoxy) is 3. The number of nitrogens with one attached hydrogen (secondary N) is 2. The van der Waals surface area contributed by atoms with E-state index in [1.165, 1.54) is 37.5 Å². The lowest BCUT2D eigenvalue weighted by molar-refractivity contribution is -0.143. The molecule has 34 heavy (non-hydrogen) atoms. The third kappa shape index (κ3) is 5.88. The number of hydrogen-bond donors (Lipinski definition) is 2. The molecule has 1 aliphatic rings. The van der Waals surface area contributed by atoms with E-state index in [2.05, 4.69) is 15.4 Å². The maximum Gasteiger partial charge on any atom is 0.343 e. The maximum atomic E-state index is 13.7. The zero-order valence-electron chi connectivity index (χ0n) is 18.4. The van der Waals surface area contributed by atoms with Crippen LogP contribution in [0.4, 0.5) is 14.9 Å². The van der Waals surface area contributed by atoms with Crippen LogP contribution in [0.25, 0.3) is 6.08 Å². The van der Waals surface area contributed by atoms with Crippen molar-refractivity contribution in [1.82, 2.24) is 10.2 Å². The van der Waals surface area contributed by atoms with Crippen LogP contribution in [0.2, 0.25) is 0 Å². The van der Waals surface area contributed by atoms with Gasteiger partial charge in [-0.2, -0.15) is 0 Å². The second-order valence-electron chi connectivity index (χ2n) is 6.91. The number of anilines is 1. The summed E-state index contributed by atoms with van der Waals surface area (Å²) in [6.07, 6.45) is 1.40. The number of halogens is 1. The van der Waals surface area contributed by atoms with Crippen LogP contribution in [0.5, 0.6) is 11.5 Å². The van der Waals surface area contributed by atoms with Crippen molar-refractivity contribution in [2.45, 2.75) is 6.92 Å². The molecule has 0 atom stereocenters. The number of urea groups is 1.